The van der Waals surface area contributed by atoms with Crippen molar-refractivity contribution in [2.75, 3.05) is 0 Å². The smallest absolute Gasteiger partial charge is 0.194 e. The zero-order valence-corrected chi connectivity index (χ0v) is 8.72. The van der Waals surface area contributed by atoms with E-state index in [4.69, 9.17) is 11.7 Å². The van der Waals surface area contributed by atoms with Gasteiger partial charge in [-0.15, -0.1) is 0 Å². The molecule has 0 atom stereocenters. The first kappa shape index (κ1) is 10.4. The Kier molecular flexibility index (Phi) is 3.00. The van der Waals surface area contributed by atoms with E-state index in [1.54, 1.807) is 0 Å². The Labute approximate surface area is 94.6 Å². The van der Waals surface area contributed by atoms with E-state index in [0.29, 0.717) is 5.69 Å². The molecule has 0 saturated heterocycles. The van der Waals surface area contributed by atoms with Gasteiger partial charge in [-0.1, -0.05) is 48.5 Å². The molecule has 2 aromatic rings. The maximum atomic E-state index is 8.95. The van der Waals surface area contributed by atoms with Crippen molar-refractivity contribution in [1.82, 2.24) is 0 Å². The minimum Gasteiger partial charge on any atom is -0.392 e. The quantitative estimate of drug-likeness (QED) is 0.753. The van der Waals surface area contributed by atoms with Gasteiger partial charge in [0.25, 0.3) is 0 Å². The summed E-state index contributed by atoms with van der Waals surface area (Å²) in [6, 6.07) is 15.1. The van der Waals surface area contributed by atoms with E-state index >= 15 is 0 Å². The van der Waals surface area contributed by atoms with Gasteiger partial charge in [0.1, 0.15) is 0 Å². The molecule has 2 heteroatoms. The first-order chi connectivity index (χ1) is 7.85. The number of aliphatic hydroxyl groups is 1. The van der Waals surface area contributed by atoms with Gasteiger partial charge in [-0.25, -0.2) is 4.85 Å². The molecule has 0 bridgehead atoms. The zero-order chi connectivity index (χ0) is 11.4. The molecule has 0 aliphatic rings. The predicted octanol–water partition coefficient (Wildman–Crippen LogP) is 3.40. The molecule has 0 aliphatic heterocycles. The van der Waals surface area contributed by atoms with Crippen LogP contribution in [0.15, 0.2) is 48.5 Å². The van der Waals surface area contributed by atoms with Crippen LogP contribution in [0.4, 0.5) is 5.69 Å². The number of rotatable bonds is 2. The maximum absolute atomic E-state index is 8.95. The third kappa shape index (κ3) is 1.95. The monoisotopic (exact) mass is 209 g/mol. The van der Waals surface area contributed by atoms with Crippen molar-refractivity contribution in [1.29, 1.82) is 0 Å². The van der Waals surface area contributed by atoms with E-state index in [9.17, 15) is 0 Å². The molecule has 2 aromatic carbocycles. The van der Waals surface area contributed by atoms with Crippen molar-refractivity contribution in [2.24, 2.45) is 0 Å². The van der Waals surface area contributed by atoms with Crippen molar-refractivity contribution in [3.8, 4) is 11.1 Å². The highest BCUT2D eigenvalue weighted by Gasteiger charge is 2.03. The Balaban J connectivity index is 2.47. The second-order valence-electron chi connectivity index (χ2n) is 3.48. The summed E-state index contributed by atoms with van der Waals surface area (Å²) in [7, 11) is 0. The third-order valence-corrected chi connectivity index (χ3v) is 2.47. The Hall–Kier alpha value is -2.11. The van der Waals surface area contributed by atoms with Crippen molar-refractivity contribution in [2.45, 2.75) is 6.61 Å². The second-order valence-corrected chi connectivity index (χ2v) is 3.48. The van der Waals surface area contributed by atoms with Crippen LogP contribution < -0.4 is 0 Å². The number of hydrogen-bond acceptors (Lipinski definition) is 1. The molecule has 78 valence electrons. The topological polar surface area (TPSA) is 24.6 Å². The van der Waals surface area contributed by atoms with Crippen LogP contribution in [0.1, 0.15) is 5.56 Å². The van der Waals surface area contributed by atoms with Gasteiger partial charge < -0.3 is 5.11 Å². The SMILES string of the molecule is [C-]#[N+]c1ccccc1-c1ccc(CO)cc1. The normalized spacial score (nSPS) is 9.75. The number of hydrogen-bond donors (Lipinski definition) is 1. The molecule has 0 fully saturated rings. The molecule has 0 amide bonds. The summed E-state index contributed by atoms with van der Waals surface area (Å²) in [5.74, 6) is 0. The summed E-state index contributed by atoms with van der Waals surface area (Å²) in [5, 5.41) is 8.95. The summed E-state index contributed by atoms with van der Waals surface area (Å²) in [6.45, 7) is 7.14. The van der Waals surface area contributed by atoms with E-state index in [2.05, 4.69) is 4.85 Å². The van der Waals surface area contributed by atoms with Crippen molar-refractivity contribution in [3.63, 3.8) is 0 Å². The van der Waals surface area contributed by atoms with Gasteiger partial charge in [0.15, 0.2) is 5.69 Å². The van der Waals surface area contributed by atoms with Crippen LogP contribution in [-0.4, -0.2) is 5.11 Å². The molecular weight excluding hydrogens is 198 g/mol. The molecule has 0 saturated carbocycles. The van der Waals surface area contributed by atoms with Crippen LogP contribution in [0.3, 0.4) is 0 Å². The first-order valence-electron chi connectivity index (χ1n) is 5.02. The standard InChI is InChI=1S/C14H11NO/c1-15-14-5-3-2-4-13(14)12-8-6-11(10-16)7-9-12/h2-9,16H,10H2. The summed E-state index contributed by atoms with van der Waals surface area (Å²) in [4.78, 5) is 3.49. The van der Waals surface area contributed by atoms with E-state index in [1.165, 1.54) is 0 Å². The average molecular weight is 209 g/mol. The van der Waals surface area contributed by atoms with Gasteiger partial charge >= 0.3 is 0 Å². The number of benzene rings is 2. The molecule has 0 radical (unpaired) electrons. The molecule has 1 N–H and O–H groups in total. The van der Waals surface area contributed by atoms with Crippen LogP contribution in [0.2, 0.25) is 0 Å². The summed E-state index contributed by atoms with van der Waals surface area (Å²) in [6.07, 6.45) is 0. The molecule has 0 unspecified atom stereocenters. The molecule has 0 heterocycles. The van der Waals surface area contributed by atoms with Crippen LogP contribution in [-0.2, 0) is 6.61 Å². The van der Waals surface area contributed by atoms with E-state index in [0.717, 1.165) is 16.7 Å². The lowest BCUT2D eigenvalue weighted by molar-refractivity contribution is 0.282. The van der Waals surface area contributed by atoms with Gasteiger partial charge in [-0.3, -0.25) is 0 Å². The van der Waals surface area contributed by atoms with Crippen LogP contribution >= 0.6 is 0 Å². The Morgan fingerprint density at radius 3 is 2.31 bits per heavy atom. The lowest BCUT2D eigenvalue weighted by Crippen LogP contribution is -1.83. The van der Waals surface area contributed by atoms with E-state index in [1.807, 2.05) is 48.5 Å². The lowest BCUT2D eigenvalue weighted by atomic mass is 10.0. The van der Waals surface area contributed by atoms with Crippen molar-refractivity contribution < 1.29 is 5.11 Å². The van der Waals surface area contributed by atoms with Crippen LogP contribution in [0, 0.1) is 6.57 Å². The average Bonchev–Trinajstić information content (AvgIpc) is 2.39. The predicted molar refractivity (Wildman–Crippen MR) is 64.1 cm³/mol. The zero-order valence-electron chi connectivity index (χ0n) is 8.72. The molecule has 16 heavy (non-hydrogen) atoms. The molecule has 0 spiro atoms. The molecule has 0 aliphatic carbocycles. The highest BCUT2D eigenvalue weighted by molar-refractivity contribution is 5.78. The fraction of sp³-hybridized carbons (Fsp3) is 0.0714. The fourth-order valence-electron chi connectivity index (χ4n) is 1.60. The van der Waals surface area contributed by atoms with Crippen LogP contribution in [0.25, 0.3) is 16.0 Å². The number of nitrogens with zero attached hydrogens (tertiary/aromatic N) is 1. The highest BCUT2D eigenvalue weighted by atomic mass is 16.3. The largest absolute Gasteiger partial charge is 0.392 e. The molecular formula is C14H11NO. The van der Waals surface area contributed by atoms with E-state index in [-0.39, 0.29) is 6.61 Å². The van der Waals surface area contributed by atoms with Gasteiger partial charge in [-0.05, 0) is 16.7 Å². The van der Waals surface area contributed by atoms with Gasteiger partial charge in [-0.2, -0.15) is 0 Å². The summed E-state index contributed by atoms with van der Waals surface area (Å²) in [5.41, 5.74) is 3.47. The van der Waals surface area contributed by atoms with Gasteiger partial charge in [0.05, 0.1) is 13.2 Å². The minimum atomic E-state index is 0.0464. The molecule has 0 aromatic heterocycles. The Morgan fingerprint density at radius 1 is 1.00 bits per heavy atom. The number of para-hydroxylation sites is 1. The van der Waals surface area contributed by atoms with Gasteiger partial charge in [0, 0.05) is 0 Å². The second kappa shape index (κ2) is 4.61. The first-order valence-corrected chi connectivity index (χ1v) is 5.02. The maximum Gasteiger partial charge on any atom is 0.194 e. The van der Waals surface area contributed by atoms with Crippen molar-refractivity contribution in [3.05, 3.63) is 65.5 Å². The Morgan fingerprint density at radius 2 is 1.69 bits per heavy atom. The van der Waals surface area contributed by atoms with Crippen LogP contribution in [0.5, 0.6) is 0 Å². The number of aliphatic hydroxyl groups excluding tert-OH is 1. The summed E-state index contributed by atoms with van der Waals surface area (Å²) < 4.78 is 0. The lowest BCUT2D eigenvalue weighted by Gasteiger charge is -2.04. The molecule has 2 nitrogen and oxygen atoms in total. The van der Waals surface area contributed by atoms with Crippen molar-refractivity contribution >= 4 is 5.69 Å². The Bertz CT molecular complexity index is 523. The highest BCUT2D eigenvalue weighted by Crippen LogP contribution is 2.29. The minimum absolute atomic E-state index is 0.0464. The molecule has 2 rings (SSSR count). The van der Waals surface area contributed by atoms with Gasteiger partial charge in [0.2, 0.25) is 0 Å². The van der Waals surface area contributed by atoms with E-state index < -0.39 is 0 Å². The third-order valence-electron chi connectivity index (χ3n) is 2.47. The summed E-state index contributed by atoms with van der Waals surface area (Å²) >= 11 is 0. The fourth-order valence-corrected chi connectivity index (χ4v) is 1.60.